The molecule has 2 aromatic carbocycles. The number of aromatic nitrogens is 1. The molecule has 216 valence electrons. The molecule has 10 heteroatoms. The summed E-state index contributed by atoms with van der Waals surface area (Å²) in [6, 6.07) is 15.3. The summed E-state index contributed by atoms with van der Waals surface area (Å²) in [5.41, 5.74) is 4.09. The maximum atomic E-state index is 13.6. The van der Waals surface area contributed by atoms with Crippen molar-refractivity contribution < 1.29 is 28.1 Å². The van der Waals surface area contributed by atoms with Crippen molar-refractivity contribution in [3.8, 4) is 17.1 Å². The molecule has 2 saturated heterocycles. The van der Waals surface area contributed by atoms with E-state index in [-0.39, 0.29) is 11.9 Å². The van der Waals surface area contributed by atoms with Gasteiger partial charge in [-0.2, -0.15) is 0 Å². The van der Waals surface area contributed by atoms with Crippen LogP contribution in [0.25, 0.3) is 11.3 Å². The quantitative estimate of drug-likeness (QED) is 0.343. The van der Waals surface area contributed by atoms with Crippen molar-refractivity contribution in [3.63, 3.8) is 0 Å². The Labute approximate surface area is 239 Å². The Morgan fingerprint density at radius 1 is 1.12 bits per heavy atom. The van der Waals surface area contributed by atoms with Gasteiger partial charge >= 0.3 is 6.09 Å². The van der Waals surface area contributed by atoms with Gasteiger partial charge in [-0.25, -0.2) is 14.2 Å². The molecule has 0 radical (unpaired) electrons. The van der Waals surface area contributed by atoms with Gasteiger partial charge in [0, 0.05) is 61.3 Å². The fourth-order valence-electron chi connectivity index (χ4n) is 5.83. The molecule has 0 bridgehead atoms. The number of likely N-dealkylation sites (tertiary alicyclic amines) is 1. The molecular formula is C31H35FN3O5P. The zero-order valence-corrected chi connectivity index (χ0v) is 24.3. The largest absolute Gasteiger partial charge is 0.478 e. The molecule has 1 spiro atoms. The first-order valence-electron chi connectivity index (χ1n) is 14.2. The summed E-state index contributed by atoms with van der Waals surface area (Å²) in [7, 11) is -3.35. The smallest absolute Gasteiger partial charge is 0.415 e. The van der Waals surface area contributed by atoms with Crippen LogP contribution in [0, 0.1) is 5.82 Å². The molecule has 1 saturated carbocycles. The van der Waals surface area contributed by atoms with Gasteiger partial charge in [0.1, 0.15) is 11.4 Å². The lowest BCUT2D eigenvalue weighted by atomic mass is 9.91. The number of rotatable bonds is 8. The van der Waals surface area contributed by atoms with Crippen molar-refractivity contribution in [2.75, 3.05) is 37.8 Å². The molecule has 3 aliphatic rings. The number of pyridine rings is 1. The second-order valence-corrected chi connectivity index (χ2v) is 13.7. The number of amides is 1. The van der Waals surface area contributed by atoms with Gasteiger partial charge in [0.25, 0.3) is 0 Å². The van der Waals surface area contributed by atoms with Crippen molar-refractivity contribution in [2.24, 2.45) is 0 Å². The summed E-state index contributed by atoms with van der Waals surface area (Å²) in [6.07, 6.45) is 3.27. The number of anilines is 1. The Kier molecular flexibility index (Phi) is 7.39. The molecule has 1 amide bonds. The first kappa shape index (κ1) is 27.9. The van der Waals surface area contributed by atoms with E-state index >= 15 is 0 Å². The van der Waals surface area contributed by atoms with Crippen molar-refractivity contribution in [2.45, 2.75) is 50.7 Å². The van der Waals surface area contributed by atoms with Crippen molar-refractivity contribution in [1.29, 1.82) is 0 Å². The number of ether oxygens (including phenoxy) is 2. The molecule has 1 atom stereocenters. The lowest BCUT2D eigenvalue weighted by molar-refractivity contribution is -0.00114. The van der Waals surface area contributed by atoms with Gasteiger partial charge in [0.15, 0.2) is 0 Å². The molecule has 3 aromatic rings. The van der Waals surface area contributed by atoms with Crippen LogP contribution in [0.4, 0.5) is 14.9 Å². The van der Waals surface area contributed by atoms with Gasteiger partial charge in [-0.05, 0) is 85.8 Å². The van der Waals surface area contributed by atoms with E-state index in [4.69, 9.17) is 14.5 Å². The van der Waals surface area contributed by atoms with E-state index in [1.54, 1.807) is 41.3 Å². The van der Waals surface area contributed by atoms with E-state index < -0.39 is 13.0 Å². The summed E-state index contributed by atoms with van der Waals surface area (Å²) in [5.74, 6) is 0.800. The van der Waals surface area contributed by atoms with E-state index in [1.807, 2.05) is 6.92 Å². The molecule has 2 aliphatic heterocycles. The predicted molar refractivity (Wildman–Crippen MR) is 156 cm³/mol. The maximum absolute atomic E-state index is 13.6. The Balaban J connectivity index is 1.16. The molecule has 1 aliphatic carbocycles. The van der Waals surface area contributed by atoms with Gasteiger partial charge in [-0.1, -0.05) is 0 Å². The van der Waals surface area contributed by atoms with Crippen LogP contribution in [0.1, 0.15) is 49.7 Å². The normalized spacial score (nSPS) is 20.2. The zero-order valence-electron chi connectivity index (χ0n) is 23.4. The highest BCUT2D eigenvalue weighted by atomic mass is 31.2. The molecule has 1 N–H and O–H groups in total. The molecule has 6 rings (SSSR count). The van der Waals surface area contributed by atoms with Crippen LogP contribution in [-0.4, -0.2) is 59.4 Å². The number of hydrogen-bond acceptors (Lipinski definition) is 6. The van der Waals surface area contributed by atoms with Crippen molar-refractivity contribution in [1.82, 2.24) is 9.88 Å². The van der Waals surface area contributed by atoms with Crippen LogP contribution < -0.4 is 14.9 Å². The lowest BCUT2D eigenvalue weighted by Gasteiger charge is -2.37. The topological polar surface area (TPSA) is 92.2 Å². The summed E-state index contributed by atoms with van der Waals surface area (Å²) in [4.78, 5) is 31.6. The minimum Gasteiger partial charge on any atom is -0.478 e. The molecule has 1 unspecified atom stereocenters. The Morgan fingerprint density at radius 3 is 2.41 bits per heavy atom. The third-order valence-corrected chi connectivity index (χ3v) is 9.54. The van der Waals surface area contributed by atoms with Crippen LogP contribution in [0.3, 0.4) is 0 Å². The standard InChI is InChI=1S/C31H35FN3O5P/c1-3-39-29-23(18-27(21-4-5-21)28(33-29)22-6-8-24(32)9-7-22)19-34-16-14-31(15-17-34)20-35(30(36)40-31)25-10-12-26(13-11-25)41(2,37)38/h6-13,18,21H,3-5,14-17,19-20H2,1-2H3,(H,37,38). The highest BCUT2D eigenvalue weighted by molar-refractivity contribution is 7.65. The number of halogens is 1. The maximum Gasteiger partial charge on any atom is 0.415 e. The minimum atomic E-state index is -3.35. The average Bonchev–Trinajstić information content (AvgIpc) is 3.74. The van der Waals surface area contributed by atoms with Crippen LogP contribution in [-0.2, 0) is 15.8 Å². The molecule has 41 heavy (non-hydrogen) atoms. The van der Waals surface area contributed by atoms with Gasteiger partial charge in [-0.15, -0.1) is 0 Å². The third kappa shape index (κ3) is 5.89. The monoisotopic (exact) mass is 579 g/mol. The number of hydrogen-bond donors (Lipinski definition) is 1. The van der Waals surface area contributed by atoms with Gasteiger partial charge < -0.3 is 14.4 Å². The predicted octanol–water partition coefficient (Wildman–Crippen LogP) is 5.68. The number of carbonyl (C=O) groups excluding carboxylic acids is 1. The average molecular weight is 580 g/mol. The Morgan fingerprint density at radius 2 is 1.80 bits per heavy atom. The van der Waals surface area contributed by atoms with Crippen LogP contribution in [0.15, 0.2) is 54.6 Å². The molecule has 8 nitrogen and oxygen atoms in total. The number of nitrogens with zero attached hydrogens (tertiary/aromatic N) is 3. The SMILES string of the molecule is CCOc1nc(-c2ccc(F)cc2)c(C2CC2)cc1CN1CCC2(CC1)CN(c1ccc(P(C)(=O)O)cc1)C(=O)O2. The first-order valence-corrected chi connectivity index (χ1v) is 16.3. The molecule has 3 fully saturated rings. The van der Waals surface area contributed by atoms with Crippen molar-refractivity contribution >= 4 is 24.5 Å². The zero-order chi connectivity index (χ0) is 28.8. The molecular weight excluding hydrogens is 544 g/mol. The summed E-state index contributed by atoms with van der Waals surface area (Å²) in [6.45, 7) is 6.39. The van der Waals surface area contributed by atoms with E-state index in [2.05, 4.69) is 11.0 Å². The van der Waals surface area contributed by atoms with E-state index in [1.165, 1.54) is 24.4 Å². The van der Waals surface area contributed by atoms with Crippen molar-refractivity contribution in [3.05, 3.63) is 71.5 Å². The van der Waals surface area contributed by atoms with Crippen LogP contribution in [0.2, 0.25) is 0 Å². The van der Waals surface area contributed by atoms with Gasteiger partial charge in [0.2, 0.25) is 13.2 Å². The van der Waals surface area contributed by atoms with Gasteiger partial charge in [-0.3, -0.25) is 14.4 Å². The van der Waals surface area contributed by atoms with E-state index in [0.717, 1.165) is 42.8 Å². The fraction of sp³-hybridized carbons (Fsp3) is 0.419. The fourth-order valence-corrected chi connectivity index (χ4v) is 6.53. The Hall–Kier alpha value is -3.26. The molecule has 3 heterocycles. The summed E-state index contributed by atoms with van der Waals surface area (Å²) >= 11 is 0. The van der Waals surface area contributed by atoms with Gasteiger partial charge in [0.05, 0.1) is 18.8 Å². The highest BCUT2D eigenvalue weighted by Gasteiger charge is 2.47. The highest BCUT2D eigenvalue weighted by Crippen LogP contribution is 2.46. The van der Waals surface area contributed by atoms with Crippen LogP contribution in [0.5, 0.6) is 5.88 Å². The number of benzene rings is 2. The lowest BCUT2D eigenvalue weighted by Crippen LogP contribution is -2.46. The van der Waals surface area contributed by atoms with Crippen LogP contribution >= 0.6 is 7.37 Å². The minimum absolute atomic E-state index is 0.269. The second-order valence-electron chi connectivity index (χ2n) is 11.4. The number of piperidine rings is 1. The summed E-state index contributed by atoms with van der Waals surface area (Å²) < 4.78 is 37.5. The third-order valence-electron chi connectivity index (χ3n) is 8.28. The summed E-state index contributed by atoms with van der Waals surface area (Å²) in [5, 5.41) is 0.355. The van der Waals surface area contributed by atoms with E-state index in [9.17, 15) is 18.6 Å². The first-order chi connectivity index (χ1) is 19.6. The molecule has 1 aromatic heterocycles. The Bertz CT molecular complexity index is 1480. The van der Waals surface area contributed by atoms with E-state index in [0.29, 0.717) is 55.3 Å². The number of carbonyl (C=O) groups is 1. The second kappa shape index (κ2) is 10.9.